The van der Waals surface area contributed by atoms with Gasteiger partial charge in [-0.05, 0) is 46.8 Å². The maximum absolute atomic E-state index is 5.79. The fourth-order valence-corrected chi connectivity index (χ4v) is 1.53. The van der Waals surface area contributed by atoms with E-state index in [0.29, 0.717) is 0 Å². The Morgan fingerprint density at radius 2 is 1.72 bits per heavy atom. The van der Waals surface area contributed by atoms with Crippen LogP contribution in [0.3, 0.4) is 0 Å². The molecule has 0 saturated heterocycles. The van der Waals surface area contributed by atoms with E-state index in [9.17, 15) is 0 Å². The highest BCUT2D eigenvalue weighted by Gasteiger charge is 2.25. The van der Waals surface area contributed by atoms with Gasteiger partial charge in [0.1, 0.15) is 5.75 Å². The molecule has 3 nitrogen and oxygen atoms in total. The fraction of sp³-hybridized carbons (Fsp3) is 0.600. The Hall–Kier alpha value is -1.22. The summed E-state index contributed by atoms with van der Waals surface area (Å²) in [6.45, 7) is 10.3. The smallest absolute Gasteiger partial charge is 0.142 e. The Bertz CT molecular complexity index is 375. The number of nitrogens with one attached hydrogen (secondary N) is 1. The molecule has 0 spiro atoms. The summed E-state index contributed by atoms with van der Waals surface area (Å²) in [4.78, 5) is 0. The normalized spacial score (nSPS) is 13.5. The minimum atomic E-state index is -0.231. The maximum atomic E-state index is 5.79. The molecule has 0 fully saturated rings. The van der Waals surface area contributed by atoms with E-state index in [4.69, 9.17) is 9.47 Å². The monoisotopic (exact) mass is 251 g/mol. The molecule has 0 aliphatic carbocycles. The largest absolute Gasteiger partial charge is 0.489 e. The van der Waals surface area contributed by atoms with E-state index in [0.717, 1.165) is 11.4 Å². The molecule has 0 aliphatic rings. The van der Waals surface area contributed by atoms with Crippen molar-refractivity contribution in [3.8, 4) is 5.75 Å². The van der Waals surface area contributed by atoms with E-state index in [2.05, 4.69) is 26.1 Å². The predicted octanol–water partition coefficient (Wildman–Crippen LogP) is 3.70. The molecule has 1 aromatic carbocycles. The summed E-state index contributed by atoms with van der Waals surface area (Å²) < 4.78 is 11.3. The summed E-state index contributed by atoms with van der Waals surface area (Å²) in [6.07, 6.45) is 0.165. The van der Waals surface area contributed by atoms with Gasteiger partial charge >= 0.3 is 0 Å². The summed E-state index contributed by atoms with van der Waals surface area (Å²) in [7, 11) is 1.73. The molecule has 0 aromatic heterocycles. The lowest BCUT2D eigenvalue weighted by Gasteiger charge is -2.32. The second kappa shape index (κ2) is 6.10. The molecule has 1 N–H and O–H groups in total. The van der Waals surface area contributed by atoms with Crippen LogP contribution in [0.2, 0.25) is 0 Å². The highest BCUT2D eigenvalue weighted by atomic mass is 16.5. The minimum absolute atomic E-state index is 0.165. The van der Waals surface area contributed by atoms with Gasteiger partial charge in [-0.25, -0.2) is 0 Å². The third-order valence-corrected chi connectivity index (χ3v) is 3.19. The highest BCUT2D eigenvalue weighted by molar-refractivity contribution is 5.57. The molecule has 1 unspecified atom stereocenters. The second-order valence-electron chi connectivity index (χ2n) is 5.34. The molecule has 0 bridgehead atoms. The molecule has 1 atom stereocenters. The van der Waals surface area contributed by atoms with Crippen molar-refractivity contribution in [2.75, 3.05) is 12.4 Å². The van der Waals surface area contributed by atoms with E-state index in [1.54, 1.807) is 7.11 Å². The van der Waals surface area contributed by atoms with Gasteiger partial charge in [0, 0.05) is 7.11 Å². The Morgan fingerprint density at radius 1 is 1.11 bits per heavy atom. The summed E-state index contributed by atoms with van der Waals surface area (Å²) in [5.41, 5.74) is 0.772. The van der Waals surface area contributed by atoms with Gasteiger partial charge in [0.15, 0.2) is 0 Å². The molecular weight excluding hydrogens is 226 g/mol. The standard InChI is InChI=1S/C15H25NO2/c1-11(2)18-14-10-8-7-9-13(14)16-12(3)15(4,5)17-6/h7-12,16H,1-6H3. The number of hydrogen-bond acceptors (Lipinski definition) is 3. The fourth-order valence-electron chi connectivity index (χ4n) is 1.53. The molecule has 0 heterocycles. The zero-order valence-electron chi connectivity index (χ0n) is 12.3. The topological polar surface area (TPSA) is 30.5 Å². The number of methoxy groups -OCH3 is 1. The van der Waals surface area contributed by atoms with Crippen molar-refractivity contribution in [2.24, 2.45) is 0 Å². The van der Waals surface area contributed by atoms with Crippen molar-refractivity contribution in [3.05, 3.63) is 24.3 Å². The quantitative estimate of drug-likeness (QED) is 0.836. The molecule has 18 heavy (non-hydrogen) atoms. The second-order valence-corrected chi connectivity index (χ2v) is 5.34. The van der Waals surface area contributed by atoms with Crippen LogP contribution in [-0.4, -0.2) is 24.9 Å². The summed E-state index contributed by atoms with van der Waals surface area (Å²) in [5.74, 6) is 0.881. The lowest BCUT2D eigenvalue weighted by atomic mass is 10.00. The van der Waals surface area contributed by atoms with Crippen molar-refractivity contribution >= 4 is 5.69 Å². The van der Waals surface area contributed by atoms with Crippen LogP contribution < -0.4 is 10.1 Å². The molecule has 0 amide bonds. The van der Waals surface area contributed by atoms with Gasteiger partial charge in [0.25, 0.3) is 0 Å². The van der Waals surface area contributed by atoms with Crippen molar-refractivity contribution in [2.45, 2.75) is 52.4 Å². The lowest BCUT2D eigenvalue weighted by Crippen LogP contribution is -2.41. The first-order valence-electron chi connectivity index (χ1n) is 6.44. The lowest BCUT2D eigenvalue weighted by molar-refractivity contribution is 0.0107. The van der Waals surface area contributed by atoms with Crippen molar-refractivity contribution in [3.63, 3.8) is 0 Å². The average Bonchev–Trinajstić information content (AvgIpc) is 2.31. The SMILES string of the molecule is COC(C)(C)C(C)Nc1ccccc1OC(C)C. The van der Waals surface area contributed by atoms with Crippen LogP contribution in [-0.2, 0) is 4.74 Å². The van der Waals surface area contributed by atoms with Gasteiger partial charge in [-0.1, -0.05) is 12.1 Å². The average molecular weight is 251 g/mol. The molecule has 102 valence electrons. The van der Waals surface area contributed by atoms with E-state index in [1.165, 1.54) is 0 Å². The molecule has 1 aromatic rings. The molecular formula is C15H25NO2. The van der Waals surface area contributed by atoms with E-state index in [1.807, 2.05) is 38.1 Å². The summed E-state index contributed by atoms with van der Waals surface area (Å²) in [6, 6.07) is 8.17. The maximum Gasteiger partial charge on any atom is 0.142 e. The summed E-state index contributed by atoms with van der Waals surface area (Å²) in [5, 5.41) is 3.46. The minimum Gasteiger partial charge on any atom is -0.489 e. The molecule has 0 radical (unpaired) electrons. The highest BCUT2D eigenvalue weighted by Crippen LogP contribution is 2.27. The third kappa shape index (κ3) is 3.91. The van der Waals surface area contributed by atoms with Crippen LogP contribution in [0.5, 0.6) is 5.75 Å². The van der Waals surface area contributed by atoms with Crippen LogP contribution in [0.4, 0.5) is 5.69 Å². The number of hydrogen-bond donors (Lipinski definition) is 1. The van der Waals surface area contributed by atoms with Crippen LogP contribution in [0.15, 0.2) is 24.3 Å². The van der Waals surface area contributed by atoms with E-state index < -0.39 is 0 Å². The number of para-hydroxylation sites is 2. The summed E-state index contributed by atoms with van der Waals surface area (Å²) >= 11 is 0. The molecule has 0 saturated carbocycles. The number of rotatable bonds is 6. The van der Waals surface area contributed by atoms with Crippen molar-refractivity contribution in [1.82, 2.24) is 0 Å². The molecule has 1 rings (SSSR count). The predicted molar refractivity (Wildman–Crippen MR) is 76.4 cm³/mol. The third-order valence-electron chi connectivity index (χ3n) is 3.19. The van der Waals surface area contributed by atoms with Crippen LogP contribution >= 0.6 is 0 Å². The van der Waals surface area contributed by atoms with Crippen molar-refractivity contribution in [1.29, 1.82) is 0 Å². The molecule has 0 aliphatic heterocycles. The number of ether oxygens (including phenoxy) is 2. The first kappa shape index (κ1) is 14.8. The van der Waals surface area contributed by atoms with E-state index in [-0.39, 0.29) is 17.7 Å². The van der Waals surface area contributed by atoms with E-state index >= 15 is 0 Å². The first-order valence-corrected chi connectivity index (χ1v) is 6.44. The molecule has 3 heteroatoms. The van der Waals surface area contributed by atoms with Gasteiger partial charge < -0.3 is 14.8 Å². The zero-order chi connectivity index (χ0) is 13.8. The van der Waals surface area contributed by atoms with Gasteiger partial charge in [-0.2, -0.15) is 0 Å². The Kier molecular flexibility index (Phi) is 5.03. The van der Waals surface area contributed by atoms with Gasteiger partial charge in [-0.15, -0.1) is 0 Å². The van der Waals surface area contributed by atoms with Gasteiger partial charge in [0.2, 0.25) is 0 Å². The van der Waals surface area contributed by atoms with Crippen LogP contribution in [0.1, 0.15) is 34.6 Å². The van der Waals surface area contributed by atoms with Gasteiger partial charge in [0.05, 0.1) is 23.4 Å². The zero-order valence-corrected chi connectivity index (χ0v) is 12.3. The van der Waals surface area contributed by atoms with Crippen molar-refractivity contribution < 1.29 is 9.47 Å². The van der Waals surface area contributed by atoms with Crippen LogP contribution in [0.25, 0.3) is 0 Å². The number of anilines is 1. The Balaban J connectivity index is 2.84. The Labute approximate surface area is 110 Å². The first-order chi connectivity index (χ1) is 8.36. The van der Waals surface area contributed by atoms with Gasteiger partial charge in [-0.3, -0.25) is 0 Å². The van der Waals surface area contributed by atoms with Crippen LogP contribution in [0, 0.1) is 0 Å². The number of benzene rings is 1. The Morgan fingerprint density at radius 3 is 2.28 bits per heavy atom.